The third kappa shape index (κ3) is 18.7. The predicted molar refractivity (Wildman–Crippen MR) is 150 cm³/mol. The Morgan fingerprint density at radius 1 is 0.610 bits per heavy atom. The molecule has 0 aromatic carbocycles. The van der Waals surface area contributed by atoms with Crippen molar-refractivity contribution < 1.29 is 43.0 Å². The maximum atomic E-state index is 13.3. The highest BCUT2D eigenvalue weighted by Gasteiger charge is 2.33. The van der Waals surface area contributed by atoms with Gasteiger partial charge in [-0.05, 0) is 75.3 Å². The zero-order valence-corrected chi connectivity index (χ0v) is 25.8. The molecule has 7 N–H and O–H groups in total. The summed E-state index contributed by atoms with van der Waals surface area (Å²) in [7, 11) is 0. The van der Waals surface area contributed by atoms with E-state index in [4.69, 9.17) is 25.7 Å². The molecule has 0 aromatic heterocycles. The van der Waals surface area contributed by atoms with Gasteiger partial charge in [0.1, 0.15) is 28.9 Å². The summed E-state index contributed by atoms with van der Waals surface area (Å²) >= 11 is 0. The molecular weight excluding hydrogens is 538 g/mol. The molecule has 0 bridgehead atoms. The largest absolute Gasteiger partial charge is 0.460 e. The zero-order valence-electron chi connectivity index (χ0n) is 25.8. The third-order valence-electron chi connectivity index (χ3n) is 4.67. The number of amides is 3. The zero-order chi connectivity index (χ0) is 32.2. The molecule has 0 fully saturated rings. The topological polar surface area (TPSA) is 218 Å². The maximum absolute atomic E-state index is 13.3. The highest BCUT2D eigenvalue weighted by atomic mass is 16.6. The third-order valence-corrected chi connectivity index (χ3v) is 4.67. The average molecular weight is 588 g/mol. The van der Waals surface area contributed by atoms with Gasteiger partial charge in [0.15, 0.2) is 0 Å². The van der Waals surface area contributed by atoms with Gasteiger partial charge in [-0.15, -0.1) is 0 Å². The normalized spacial score (nSPS) is 14.1. The summed E-state index contributed by atoms with van der Waals surface area (Å²) in [5.41, 5.74) is 8.78. The first kappa shape index (κ1) is 37.7. The lowest BCUT2D eigenvalue weighted by atomic mass is 10.1. The van der Waals surface area contributed by atoms with Gasteiger partial charge < -0.3 is 41.6 Å². The minimum Gasteiger partial charge on any atom is -0.460 e. The van der Waals surface area contributed by atoms with Gasteiger partial charge in [0.25, 0.3) is 0 Å². The molecule has 14 heteroatoms. The minimum absolute atomic E-state index is 0.188. The molecule has 3 atom stereocenters. The van der Waals surface area contributed by atoms with E-state index in [2.05, 4.69) is 16.0 Å². The number of nitrogens with one attached hydrogen (secondary N) is 3. The van der Waals surface area contributed by atoms with Gasteiger partial charge in [-0.2, -0.15) is 0 Å². The molecule has 3 unspecified atom stereocenters. The first-order valence-electron chi connectivity index (χ1n) is 13.5. The first-order valence-corrected chi connectivity index (χ1v) is 13.5. The second-order valence-electron chi connectivity index (χ2n) is 12.5. The van der Waals surface area contributed by atoms with Crippen LogP contribution in [0.25, 0.3) is 0 Å². The molecule has 41 heavy (non-hydrogen) atoms. The van der Waals surface area contributed by atoms with E-state index >= 15 is 0 Å². The first-order chi connectivity index (χ1) is 18.5. The van der Waals surface area contributed by atoms with Crippen LogP contribution in [-0.4, -0.2) is 83.6 Å². The number of ether oxygens (including phenoxy) is 3. The second kappa shape index (κ2) is 16.2. The summed E-state index contributed by atoms with van der Waals surface area (Å²) in [6.07, 6.45) is -1.19. The van der Waals surface area contributed by atoms with Crippen LogP contribution in [0.4, 0.5) is 0 Å². The second-order valence-corrected chi connectivity index (χ2v) is 12.5. The fourth-order valence-corrected chi connectivity index (χ4v) is 3.16. The Hall–Kier alpha value is -3.26. The Kier molecular flexibility index (Phi) is 15.0. The van der Waals surface area contributed by atoms with Crippen LogP contribution in [0.5, 0.6) is 0 Å². The lowest BCUT2D eigenvalue weighted by Crippen LogP contribution is -2.57. The van der Waals surface area contributed by atoms with Crippen molar-refractivity contribution in [3.63, 3.8) is 0 Å². The van der Waals surface area contributed by atoms with Gasteiger partial charge in [-0.1, -0.05) is 0 Å². The van der Waals surface area contributed by atoms with Gasteiger partial charge in [0.05, 0.1) is 25.3 Å². The van der Waals surface area contributed by atoms with Crippen molar-refractivity contribution in [2.45, 2.75) is 123 Å². The Morgan fingerprint density at radius 2 is 0.976 bits per heavy atom. The van der Waals surface area contributed by atoms with Crippen LogP contribution in [0.2, 0.25) is 0 Å². The number of rotatable bonds is 14. The monoisotopic (exact) mass is 587 g/mol. The van der Waals surface area contributed by atoms with Crippen LogP contribution in [0, 0.1) is 0 Å². The molecule has 0 aliphatic rings. The predicted octanol–water partition coefficient (Wildman–Crippen LogP) is -0.0563. The summed E-state index contributed by atoms with van der Waals surface area (Å²) < 4.78 is 15.7. The van der Waals surface area contributed by atoms with Crippen molar-refractivity contribution in [1.82, 2.24) is 16.0 Å². The van der Waals surface area contributed by atoms with E-state index in [1.165, 1.54) is 0 Å². The van der Waals surface area contributed by atoms with Crippen molar-refractivity contribution in [3.05, 3.63) is 0 Å². The van der Waals surface area contributed by atoms with Crippen molar-refractivity contribution in [1.29, 1.82) is 0 Å². The quantitative estimate of drug-likeness (QED) is 0.103. The number of esters is 3. The number of hydrogen-bond acceptors (Lipinski definition) is 11. The number of carbonyl (C=O) groups excluding carboxylic acids is 6. The summed E-state index contributed by atoms with van der Waals surface area (Å²) in [6, 6.07) is -4.36. The van der Waals surface area contributed by atoms with Gasteiger partial charge in [-0.3, -0.25) is 28.8 Å². The Morgan fingerprint density at radius 3 is 1.37 bits per heavy atom. The van der Waals surface area contributed by atoms with Gasteiger partial charge >= 0.3 is 17.9 Å². The summed E-state index contributed by atoms with van der Waals surface area (Å²) in [5.74, 6) is -4.90. The van der Waals surface area contributed by atoms with E-state index in [1.54, 1.807) is 62.3 Å². The van der Waals surface area contributed by atoms with E-state index < -0.39 is 89.8 Å². The molecule has 0 spiro atoms. The summed E-state index contributed by atoms with van der Waals surface area (Å²) in [5, 5.41) is 7.32. The van der Waals surface area contributed by atoms with E-state index in [0.717, 1.165) is 0 Å². The fraction of sp³-hybridized carbons (Fsp3) is 0.778. The van der Waals surface area contributed by atoms with E-state index in [0.29, 0.717) is 13.0 Å². The standard InChI is InChI=1S/C27H49N5O9/c1-25(2,3)39-19(33)13-16(29)22(36)31-18(15-21(35)41-27(7,8)9)24(38)32-17(23(37)30-12-10-11-28)14-20(34)40-26(4,5)6/h16-18H,10-15,28-29H2,1-9H3,(H,30,37)(H,31,36)(H,32,38). The molecule has 0 saturated carbocycles. The Balaban J connectivity index is 5.89. The number of nitrogens with two attached hydrogens (primary N) is 2. The van der Waals surface area contributed by atoms with Crippen molar-refractivity contribution >= 4 is 35.6 Å². The van der Waals surface area contributed by atoms with E-state index in [1.807, 2.05) is 0 Å². The molecule has 0 aliphatic heterocycles. The van der Waals surface area contributed by atoms with Crippen molar-refractivity contribution in [2.75, 3.05) is 13.1 Å². The molecule has 0 aliphatic carbocycles. The molecule has 0 saturated heterocycles. The van der Waals surface area contributed by atoms with Crippen LogP contribution in [-0.2, 0) is 43.0 Å². The fourth-order valence-electron chi connectivity index (χ4n) is 3.16. The SMILES string of the molecule is CC(C)(C)OC(=O)CC(N)C(=O)NC(CC(=O)OC(C)(C)C)C(=O)NC(CC(=O)OC(C)(C)C)C(=O)NCCCN. The van der Waals surface area contributed by atoms with Gasteiger partial charge in [0, 0.05) is 6.54 Å². The van der Waals surface area contributed by atoms with Crippen LogP contribution < -0.4 is 27.4 Å². The molecule has 236 valence electrons. The Bertz CT molecular complexity index is 933. The van der Waals surface area contributed by atoms with E-state index in [9.17, 15) is 28.8 Å². The average Bonchev–Trinajstić information content (AvgIpc) is 2.74. The van der Waals surface area contributed by atoms with Crippen LogP contribution in [0.3, 0.4) is 0 Å². The van der Waals surface area contributed by atoms with E-state index in [-0.39, 0.29) is 6.54 Å². The smallest absolute Gasteiger partial charge is 0.308 e. The number of carbonyl (C=O) groups is 6. The molecule has 0 rings (SSSR count). The Labute approximate surface area is 242 Å². The molecule has 0 radical (unpaired) electrons. The molecule has 3 amide bonds. The van der Waals surface area contributed by atoms with Crippen LogP contribution in [0.1, 0.15) is 88.0 Å². The highest BCUT2D eigenvalue weighted by Crippen LogP contribution is 2.13. The van der Waals surface area contributed by atoms with Crippen LogP contribution >= 0.6 is 0 Å². The van der Waals surface area contributed by atoms with Gasteiger partial charge in [0.2, 0.25) is 17.7 Å². The highest BCUT2D eigenvalue weighted by molar-refractivity contribution is 5.96. The summed E-state index contributed by atoms with van der Waals surface area (Å²) in [4.78, 5) is 76.1. The van der Waals surface area contributed by atoms with Crippen molar-refractivity contribution in [3.8, 4) is 0 Å². The lowest BCUT2D eigenvalue weighted by Gasteiger charge is -2.26. The maximum Gasteiger partial charge on any atom is 0.308 e. The molecule has 0 aromatic rings. The molecular formula is C27H49N5O9. The number of hydrogen-bond donors (Lipinski definition) is 5. The molecule has 0 heterocycles. The van der Waals surface area contributed by atoms with Gasteiger partial charge in [-0.25, -0.2) is 0 Å². The summed E-state index contributed by atoms with van der Waals surface area (Å²) in [6.45, 7) is 15.2. The minimum atomic E-state index is -1.56. The molecule has 14 nitrogen and oxygen atoms in total. The van der Waals surface area contributed by atoms with Crippen molar-refractivity contribution in [2.24, 2.45) is 11.5 Å². The lowest BCUT2D eigenvalue weighted by molar-refractivity contribution is -0.158. The van der Waals surface area contributed by atoms with Crippen LogP contribution in [0.15, 0.2) is 0 Å².